The number of H-pyrrole nitrogens is 1. The van der Waals surface area contributed by atoms with Gasteiger partial charge in [0.2, 0.25) is 5.91 Å². The van der Waals surface area contributed by atoms with Crippen LogP contribution >= 0.6 is 15.9 Å². The van der Waals surface area contributed by atoms with Crippen LogP contribution in [-0.2, 0) is 11.3 Å². The SMILES string of the molecule is O=C(/C=C/c1ccc(Br)cc1)NCc1ncn[nH]1. The van der Waals surface area contributed by atoms with Gasteiger partial charge < -0.3 is 5.32 Å². The molecule has 1 amide bonds. The fourth-order valence-electron chi connectivity index (χ4n) is 1.29. The zero-order valence-electron chi connectivity index (χ0n) is 9.43. The van der Waals surface area contributed by atoms with Crippen molar-refractivity contribution in [2.45, 2.75) is 6.54 Å². The molecule has 2 rings (SSSR count). The predicted molar refractivity (Wildman–Crippen MR) is 71.4 cm³/mol. The predicted octanol–water partition coefficient (Wildman–Crippen LogP) is 1.90. The average molecular weight is 307 g/mol. The van der Waals surface area contributed by atoms with Gasteiger partial charge in [-0.1, -0.05) is 28.1 Å². The highest BCUT2D eigenvalue weighted by Gasteiger charge is 1.98. The zero-order valence-corrected chi connectivity index (χ0v) is 11.0. The minimum absolute atomic E-state index is 0.172. The van der Waals surface area contributed by atoms with E-state index in [9.17, 15) is 4.79 Å². The summed E-state index contributed by atoms with van der Waals surface area (Å²) in [5.74, 6) is 0.453. The van der Waals surface area contributed by atoms with Gasteiger partial charge in [-0.3, -0.25) is 9.89 Å². The number of aromatic nitrogens is 3. The van der Waals surface area contributed by atoms with Crippen LogP contribution in [0.4, 0.5) is 0 Å². The Labute approximate surface area is 112 Å². The maximum Gasteiger partial charge on any atom is 0.244 e. The van der Waals surface area contributed by atoms with Crippen LogP contribution in [0.2, 0.25) is 0 Å². The van der Waals surface area contributed by atoms with Gasteiger partial charge in [-0.15, -0.1) is 0 Å². The van der Waals surface area contributed by atoms with Crippen molar-refractivity contribution in [1.82, 2.24) is 20.5 Å². The number of rotatable bonds is 4. The molecule has 1 aromatic heterocycles. The van der Waals surface area contributed by atoms with Gasteiger partial charge in [-0.2, -0.15) is 5.10 Å². The molecule has 0 atom stereocenters. The molecule has 1 aromatic carbocycles. The van der Waals surface area contributed by atoms with E-state index < -0.39 is 0 Å². The fraction of sp³-hybridized carbons (Fsp3) is 0.0833. The highest BCUT2D eigenvalue weighted by Crippen LogP contribution is 2.11. The monoisotopic (exact) mass is 306 g/mol. The molecule has 18 heavy (non-hydrogen) atoms. The van der Waals surface area contributed by atoms with Crippen molar-refractivity contribution in [1.29, 1.82) is 0 Å². The smallest absolute Gasteiger partial charge is 0.244 e. The van der Waals surface area contributed by atoms with Crippen LogP contribution in [0.25, 0.3) is 6.08 Å². The second-order valence-corrected chi connectivity index (χ2v) is 4.45. The molecular formula is C12H11BrN4O. The Morgan fingerprint density at radius 3 is 2.83 bits per heavy atom. The number of nitrogens with one attached hydrogen (secondary N) is 2. The summed E-state index contributed by atoms with van der Waals surface area (Å²) < 4.78 is 1.01. The number of amides is 1. The van der Waals surface area contributed by atoms with Crippen LogP contribution in [-0.4, -0.2) is 21.1 Å². The zero-order chi connectivity index (χ0) is 12.8. The van der Waals surface area contributed by atoms with Gasteiger partial charge in [0.1, 0.15) is 12.2 Å². The molecule has 0 fully saturated rings. The first-order chi connectivity index (χ1) is 8.74. The molecule has 0 bridgehead atoms. The second-order valence-electron chi connectivity index (χ2n) is 3.53. The molecule has 0 saturated carbocycles. The van der Waals surface area contributed by atoms with Crippen LogP contribution < -0.4 is 5.32 Å². The normalized spacial score (nSPS) is 10.7. The number of halogens is 1. The molecule has 2 aromatic rings. The molecule has 0 saturated heterocycles. The quantitative estimate of drug-likeness (QED) is 0.848. The summed E-state index contributed by atoms with van der Waals surface area (Å²) in [6, 6.07) is 7.69. The highest BCUT2D eigenvalue weighted by atomic mass is 79.9. The van der Waals surface area contributed by atoms with E-state index in [1.54, 1.807) is 6.08 Å². The lowest BCUT2D eigenvalue weighted by molar-refractivity contribution is -0.116. The fourth-order valence-corrected chi connectivity index (χ4v) is 1.56. The Morgan fingerprint density at radius 2 is 2.17 bits per heavy atom. The summed E-state index contributed by atoms with van der Waals surface area (Å²) in [5.41, 5.74) is 0.966. The van der Waals surface area contributed by atoms with E-state index in [4.69, 9.17) is 0 Å². The van der Waals surface area contributed by atoms with E-state index in [0.717, 1.165) is 10.0 Å². The standard InChI is InChI=1S/C12H11BrN4O/c13-10-4-1-9(2-5-10)3-6-12(18)14-7-11-15-8-16-17-11/h1-6,8H,7H2,(H,14,18)(H,15,16,17)/b6-3+. The Kier molecular flexibility index (Phi) is 4.25. The second kappa shape index (κ2) is 6.11. The number of hydrogen-bond acceptors (Lipinski definition) is 3. The number of benzene rings is 1. The largest absolute Gasteiger partial charge is 0.345 e. The third kappa shape index (κ3) is 3.81. The molecular weight excluding hydrogens is 296 g/mol. The van der Waals surface area contributed by atoms with E-state index in [1.165, 1.54) is 12.4 Å². The maximum absolute atomic E-state index is 11.5. The van der Waals surface area contributed by atoms with Crippen molar-refractivity contribution in [2.24, 2.45) is 0 Å². The molecule has 0 aliphatic carbocycles. The summed E-state index contributed by atoms with van der Waals surface area (Å²) in [5, 5.41) is 9.06. The molecule has 1 heterocycles. The van der Waals surface area contributed by atoms with Gasteiger partial charge in [0.05, 0.1) is 6.54 Å². The van der Waals surface area contributed by atoms with Crippen LogP contribution in [0.1, 0.15) is 11.4 Å². The molecule has 6 heteroatoms. The molecule has 2 N–H and O–H groups in total. The van der Waals surface area contributed by atoms with Crippen molar-refractivity contribution in [2.75, 3.05) is 0 Å². The molecule has 0 aliphatic heterocycles. The number of aromatic amines is 1. The van der Waals surface area contributed by atoms with E-state index in [0.29, 0.717) is 12.4 Å². The number of carbonyl (C=O) groups is 1. The first-order valence-electron chi connectivity index (χ1n) is 5.30. The summed E-state index contributed by atoms with van der Waals surface area (Å²) in [6.07, 6.45) is 4.64. The van der Waals surface area contributed by atoms with Gasteiger partial charge >= 0.3 is 0 Å². The van der Waals surface area contributed by atoms with Crippen molar-refractivity contribution in [3.63, 3.8) is 0 Å². The number of nitrogens with zero attached hydrogens (tertiary/aromatic N) is 2. The van der Waals surface area contributed by atoms with E-state index in [-0.39, 0.29) is 5.91 Å². The first-order valence-corrected chi connectivity index (χ1v) is 6.09. The number of carbonyl (C=O) groups excluding carboxylic acids is 1. The Hall–Kier alpha value is -1.95. The first kappa shape index (κ1) is 12.5. The van der Waals surface area contributed by atoms with Gasteiger partial charge in [0, 0.05) is 10.5 Å². The minimum Gasteiger partial charge on any atom is -0.345 e. The van der Waals surface area contributed by atoms with E-state index in [2.05, 4.69) is 36.4 Å². The molecule has 5 nitrogen and oxygen atoms in total. The Morgan fingerprint density at radius 1 is 1.39 bits per heavy atom. The maximum atomic E-state index is 11.5. The lowest BCUT2D eigenvalue weighted by Crippen LogP contribution is -2.20. The summed E-state index contributed by atoms with van der Waals surface area (Å²) in [6.45, 7) is 0.337. The highest BCUT2D eigenvalue weighted by molar-refractivity contribution is 9.10. The Bertz CT molecular complexity index is 534. The van der Waals surface area contributed by atoms with Crippen molar-refractivity contribution in [3.05, 3.63) is 52.5 Å². The molecule has 0 aliphatic rings. The topological polar surface area (TPSA) is 70.7 Å². The van der Waals surface area contributed by atoms with Crippen molar-refractivity contribution in [3.8, 4) is 0 Å². The van der Waals surface area contributed by atoms with Crippen LogP contribution in [0, 0.1) is 0 Å². The third-order valence-corrected chi connectivity index (χ3v) is 2.72. The molecule has 92 valence electrons. The minimum atomic E-state index is -0.172. The van der Waals surface area contributed by atoms with Crippen molar-refractivity contribution < 1.29 is 4.79 Å². The summed E-state index contributed by atoms with van der Waals surface area (Å²) in [7, 11) is 0. The van der Waals surface area contributed by atoms with Gasteiger partial charge in [0.15, 0.2) is 0 Å². The molecule has 0 radical (unpaired) electrons. The van der Waals surface area contributed by atoms with Crippen molar-refractivity contribution >= 4 is 27.9 Å². The Balaban J connectivity index is 1.85. The summed E-state index contributed by atoms with van der Waals surface area (Å²) >= 11 is 3.35. The average Bonchev–Trinajstić information content (AvgIpc) is 2.89. The lowest BCUT2D eigenvalue weighted by Gasteiger charge is -1.98. The van der Waals surface area contributed by atoms with Crippen LogP contribution in [0.3, 0.4) is 0 Å². The van der Waals surface area contributed by atoms with E-state index in [1.807, 2.05) is 24.3 Å². The van der Waals surface area contributed by atoms with Gasteiger partial charge in [0.25, 0.3) is 0 Å². The number of hydrogen-bond donors (Lipinski definition) is 2. The van der Waals surface area contributed by atoms with Crippen LogP contribution in [0.15, 0.2) is 41.1 Å². The van der Waals surface area contributed by atoms with E-state index >= 15 is 0 Å². The molecule has 0 unspecified atom stereocenters. The van der Waals surface area contributed by atoms with Crippen LogP contribution in [0.5, 0.6) is 0 Å². The lowest BCUT2D eigenvalue weighted by atomic mass is 10.2. The third-order valence-electron chi connectivity index (χ3n) is 2.19. The molecule has 0 spiro atoms. The van der Waals surface area contributed by atoms with Gasteiger partial charge in [-0.05, 0) is 23.8 Å². The summed E-state index contributed by atoms with van der Waals surface area (Å²) in [4.78, 5) is 15.4. The van der Waals surface area contributed by atoms with Gasteiger partial charge in [-0.25, -0.2) is 4.98 Å².